The van der Waals surface area contributed by atoms with Gasteiger partial charge in [-0.15, -0.1) is 11.3 Å². The number of rotatable bonds is 3. The molecule has 23 heavy (non-hydrogen) atoms. The van der Waals surface area contributed by atoms with Gasteiger partial charge in [0, 0.05) is 37.4 Å². The molecule has 5 nitrogen and oxygen atoms in total. The first-order valence-corrected chi connectivity index (χ1v) is 8.99. The Morgan fingerprint density at radius 2 is 1.91 bits per heavy atom. The van der Waals surface area contributed by atoms with Crippen molar-refractivity contribution in [3.63, 3.8) is 0 Å². The highest BCUT2D eigenvalue weighted by Crippen LogP contribution is 2.32. The zero-order chi connectivity index (χ0) is 16.5. The summed E-state index contributed by atoms with van der Waals surface area (Å²) >= 11 is 1.52. The maximum Gasteiger partial charge on any atom is 0.348 e. The van der Waals surface area contributed by atoms with Crippen LogP contribution in [-0.4, -0.2) is 48.6 Å². The van der Waals surface area contributed by atoms with Crippen LogP contribution in [0.1, 0.15) is 48.2 Å². The minimum atomic E-state index is -0.455. The van der Waals surface area contributed by atoms with Crippen molar-refractivity contribution in [3.8, 4) is 0 Å². The molecule has 2 saturated heterocycles. The summed E-state index contributed by atoms with van der Waals surface area (Å²) in [6.07, 6.45) is 1.83. The van der Waals surface area contributed by atoms with E-state index in [9.17, 15) is 4.79 Å². The minimum absolute atomic E-state index is 0.237. The van der Waals surface area contributed by atoms with Crippen molar-refractivity contribution < 1.29 is 19.0 Å². The van der Waals surface area contributed by atoms with Crippen LogP contribution in [0.4, 0.5) is 0 Å². The van der Waals surface area contributed by atoms with Crippen molar-refractivity contribution in [2.75, 3.05) is 26.3 Å². The van der Waals surface area contributed by atoms with Crippen LogP contribution in [0.3, 0.4) is 0 Å². The normalized spacial score (nSPS) is 21.7. The van der Waals surface area contributed by atoms with Crippen LogP contribution >= 0.6 is 11.3 Å². The zero-order valence-corrected chi connectivity index (χ0v) is 14.9. The van der Waals surface area contributed by atoms with Crippen LogP contribution in [0.15, 0.2) is 12.1 Å². The van der Waals surface area contributed by atoms with Crippen LogP contribution in [0.2, 0.25) is 0 Å². The monoisotopic (exact) mass is 339 g/mol. The van der Waals surface area contributed by atoms with Gasteiger partial charge in [0.15, 0.2) is 5.79 Å². The molecule has 0 aromatic carbocycles. The average Bonchev–Trinajstić information content (AvgIpc) is 3.10. The molecule has 3 rings (SSSR count). The second-order valence-electron chi connectivity index (χ2n) is 7.15. The summed E-state index contributed by atoms with van der Waals surface area (Å²) in [5.74, 6) is -0.563. The fraction of sp³-hybridized carbons (Fsp3) is 0.706. The van der Waals surface area contributed by atoms with Gasteiger partial charge in [0.2, 0.25) is 0 Å². The molecule has 0 N–H and O–H groups in total. The van der Waals surface area contributed by atoms with Gasteiger partial charge in [0.1, 0.15) is 10.5 Å². The molecular weight excluding hydrogens is 314 g/mol. The molecule has 0 unspecified atom stereocenters. The fourth-order valence-electron chi connectivity index (χ4n) is 2.96. The molecule has 2 fully saturated rings. The predicted octanol–water partition coefficient (Wildman–Crippen LogP) is 3.04. The van der Waals surface area contributed by atoms with E-state index >= 15 is 0 Å². The minimum Gasteiger partial charge on any atom is -0.456 e. The lowest BCUT2D eigenvalue weighted by molar-refractivity contribution is -0.185. The Kier molecular flexibility index (Phi) is 4.78. The second kappa shape index (κ2) is 6.51. The van der Waals surface area contributed by atoms with Crippen molar-refractivity contribution in [3.05, 3.63) is 21.9 Å². The number of piperidine rings is 1. The summed E-state index contributed by atoms with van der Waals surface area (Å²) in [4.78, 5) is 16.3. The molecule has 1 aromatic rings. The average molecular weight is 339 g/mol. The summed E-state index contributed by atoms with van der Waals surface area (Å²) in [5, 5.41) is 0. The van der Waals surface area contributed by atoms with E-state index in [0.717, 1.165) is 32.5 Å². The smallest absolute Gasteiger partial charge is 0.348 e. The maximum atomic E-state index is 12.1. The van der Waals surface area contributed by atoms with E-state index in [-0.39, 0.29) is 11.8 Å². The topological polar surface area (TPSA) is 48.0 Å². The van der Waals surface area contributed by atoms with Gasteiger partial charge in [0.25, 0.3) is 0 Å². The lowest BCUT2D eigenvalue weighted by atomic mass is 10.0. The van der Waals surface area contributed by atoms with Gasteiger partial charge in [-0.3, -0.25) is 4.90 Å². The van der Waals surface area contributed by atoms with Crippen LogP contribution < -0.4 is 0 Å². The summed E-state index contributed by atoms with van der Waals surface area (Å²) in [5.41, 5.74) is -0.455. The molecule has 2 aliphatic rings. The van der Waals surface area contributed by atoms with Crippen molar-refractivity contribution >= 4 is 17.3 Å². The Hall–Kier alpha value is -0.950. The highest BCUT2D eigenvalue weighted by atomic mass is 32.1. The number of hydrogen-bond acceptors (Lipinski definition) is 6. The van der Waals surface area contributed by atoms with Gasteiger partial charge >= 0.3 is 5.97 Å². The molecule has 0 radical (unpaired) electrons. The van der Waals surface area contributed by atoms with Gasteiger partial charge in [-0.1, -0.05) is 0 Å². The quantitative estimate of drug-likeness (QED) is 0.792. The molecule has 1 aromatic heterocycles. The molecule has 0 saturated carbocycles. The SMILES string of the molecule is CC(C)(C)OC(=O)c1ccc(CN2CCC3(CC2)OCCO3)s1. The van der Waals surface area contributed by atoms with Gasteiger partial charge in [-0.2, -0.15) is 0 Å². The van der Waals surface area contributed by atoms with E-state index in [1.807, 2.05) is 32.9 Å². The second-order valence-corrected chi connectivity index (χ2v) is 8.32. The van der Waals surface area contributed by atoms with Crippen LogP contribution in [0, 0.1) is 0 Å². The number of hydrogen-bond donors (Lipinski definition) is 0. The summed E-state index contributed by atoms with van der Waals surface area (Å²) in [6.45, 7) is 9.86. The molecule has 2 aliphatic heterocycles. The number of thiophene rings is 1. The molecule has 0 bridgehead atoms. The van der Waals surface area contributed by atoms with Crippen molar-refractivity contribution in [2.45, 2.75) is 51.5 Å². The molecule has 128 valence electrons. The lowest BCUT2D eigenvalue weighted by Gasteiger charge is -2.37. The van der Waals surface area contributed by atoms with Crippen molar-refractivity contribution in [2.24, 2.45) is 0 Å². The van der Waals surface area contributed by atoms with Crippen LogP contribution in [0.25, 0.3) is 0 Å². The van der Waals surface area contributed by atoms with Gasteiger partial charge < -0.3 is 14.2 Å². The van der Waals surface area contributed by atoms with E-state index in [1.165, 1.54) is 16.2 Å². The Labute approximate surface area is 141 Å². The third kappa shape index (κ3) is 4.32. The summed E-state index contributed by atoms with van der Waals surface area (Å²) in [7, 11) is 0. The number of carbonyl (C=O) groups excluding carboxylic acids is 1. The Balaban J connectivity index is 1.52. The van der Waals surface area contributed by atoms with Crippen molar-refractivity contribution in [1.82, 2.24) is 4.90 Å². The van der Waals surface area contributed by atoms with Crippen LogP contribution in [0.5, 0.6) is 0 Å². The highest BCUT2D eigenvalue weighted by molar-refractivity contribution is 7.13. The number of esters is 1. The van der Waals surface area contributed by atoms with Gasteiger partial charge in [-0.25, -0.2) is 4.79 Å². The number of carbonyl (C=O) groups is 1. The number of ether oxygens (including phenoxy) is 3. The zero-order valence-electron chi connectivity index (χ0n) is 14.1. The predicted molar refractivity (Wildman–Crippen MR) is 88.6 cm³/mol. The summed E-state index contributed by atoms with van der Waals surface area (Å²) < 4.78 is 16.9. The largest absolute Gasteiger partial charge is 0.456 e. The van der Waals surface area contributed by atoms with Crippen LogP contribution in [-0.2, 0) is 20.8 Å². The standard InChI is InChI=1S/C17H25NO4S/c1-16(2,3)22-15(19)14-5-4-13(23-14)12-18-8-6-17(7-9-18)20-10-11-21-17/h4-5H,6-12H2,1-3H3. The highest BCUT2D eigenvalue weighted by Gasteiger charge is 2.39. The first-order valence-electron chi connectivity index (χ1n) is 8.18. The van der Waals surface area contributed by atoms with E-state index in [4.69, 9.17) is 14.2 Å². The first kappa shape index (κ1) is 16.9. The molecule has 3 heterocycles. The third-order valence-electron chi connectivity index (χ3n) is 4.07. The molecule has 0 aliphatic carbocycles. The molecular formula is C17H25NO4S. The van der Waals surface area contributed by atoms with E-state index in [0.29, 0.717) is 18.1 Å². The van der Waals surface area contributed by atoms with E-state index < -0.39 is 5.60 Å². The molecule has 0 atom stereocenters. The third-order valence-corrected chi connectivity index (χ3v) is 5.12. The van der Waals surface area contributed by atoms with Gasteiger partial charge in [0.05, 0.1) is 13.2 Å². The molecule has 1 spiro atoms. The Morgan fingerprint density at radius 3 is 2.52 bits per heavy atom. The molecule has 0 amide bonds. The first-order chi connectivity index (χ1) is 10.9. The lowest BCUT2D eigenvalue weighted by Crippen LogP contribution is -2.44. The fourth-order valence-corrected chi connectivity index (χ4v) is 3.89. The number of likely N-dealkylation sites (tertiary alicyclic amines) is 1. The van der Waals surface area contributed by atoms with Gasteiger partial charge in [-0.05, 0) is 32.9 Å². The molecule has 6 heteroatoms. The number of nitrogens with zero attached hydrogens (tertiary/aromatic N) is 1. The van der Waals surface area contributed by atoms with E-state index in [2.05, 4.69) is 4.90 Å². The summed E-state index contributed by atoms with van der Waals surface area (Å²) in [6, 6.07) is 3.89. The Morgan fingerprint density at radius 1 is 1.26 bits per heavy atom. The van der Waals surface area contributed by atoms with E-state index in [1.54, 1.807) is 0 Å². The Bertz CT molecular complexity index is 547. The maximum absolute atomic E-state index is 12.1. The van der Waals surface area contributed by atoms with Crippen molar-refractivity contribution in [1.29, 1.82) is 0 Å².